The predicted molar refractivity (Wildman–Crippen MR) is 116 cm³/mol. The van der Waals surface area contributed by atoms with E-state index in [0.29, 0.717) is 29.5 Å². The van der Waals surface area contributed by atoms with Gasteiger partial charge in [0.15, 0.2) is 0 Å². The van der Waals surface area contributed by atoms with E-state index in [1.165, 1.54) is 12.1 Å². The molecular formula is C23H28N2O4S. The molecule has 4 rings (SSSR count). The molecule has 1 amide bonds. The molecule has 1 aliphatic carbocycles. The molecule has 6 nitrogen and oxygen atoms in total. The minimum absolute atomic E-state index is 0.0746. The van der Waals surface area contributed by atoms with Crippen LogP contribution in [-0.4, -0.2) is 38.9 Å². The van der Waals surface area contributed by atoms with Crippen molar-refractivity contribution in [3.63, 3.8) is 0 Å². The summed E-state index contributed by atoms with van der Waals surface area (Å²) in [4.78, 5) is 15.3. The summed E-state index contributed by atoms with van der Waals surface area (Å²) >= 11 is 0. The Hall–Kier alpha value is -2.54. The van der Waals surface area contributed by atoms with Crippen molar-refractivity contribution in [2.75, 3.05) is 18.4 Å². The molecule has 2 aromatic carbocycles. The Morgan fingerprint density at radius 1 is 1.13 bits per heavy atom. The van der Waals surface area contributed by atoms with E-state index < -0.39 is 10.0 Å². The number of hydrogen-bond donors (Lipinski definition) is 1. The number of likely N-dealkylation sites (tertiary alicyclic amines) is 1. The fourth-order valence-corrected chi connectivity index (χ4v) is 6.06. The van der Waals surface area contributed by atoms with Gasteiger partial charge in [-0.15, -0.1) is 0 Å². The fourth-order valence-electron chi connectivity index (χ4n) is 4.96. The number of benzene rings is 2. The highest BCUT2D eigenvalue weighted by Crippen LogP contribution is 2.48. The van der Waals surface area contributed by atoms with Gasteiger partial charge in [0.05, 0.1) is 12.0 Å². The van der Waals surface area contributed by atoms with Gasteiger partial charge < -0.3 is 9.64 Å². The van der Waals surface area contributed by atoms with E-state index in [0.717, 1.165) is 19.3 Å². The fraction of sp³-hybridized carbons (Fsp3) is 0.435. The smallest absolute Gasteiger partial charge is 0.261 e. The molecule has 0 radical (unpaired) electrons. The van der Waals surface area contributed by atoms with Crippen LogP contribution in [0.5, 0.6) is 5.75 Å². The molecule has 2 fully saturated rings. The van der Waals surface area contributed by atoms with E-state index in [2.05, 4.69) is 18.6 Å². The molecule has 1 aliphatic heterocycles. The molecule has 1 saturated carbocycles. The topological polar surface area (TPSA) is 75.7 Å². The van der Waals surface area contributed by atoms with Crippen molar-refractivity contribution in [3.8, 4) is 5.75 Å². The highest BCUT2D eigenvalue weighted by molar-refractivity contribution is 7.92. The summed E-state index contributed by atoms with van der Waals surface area (Å²) in [6, 6.07) is 13.2. The Morgan fingerprint density at radius 2 is 1.87 bits per heavy atom. The van der Waals surface area contributed by atoms with Crippen LogP contribution >= 0.6 is 0 Å². The number of hydrogen-bond acceptors (Lipinski definition) is 4. The van der Waals surface area contributed by atoms with Crippen LogP contribution in [0.2, 0.25) is 0 Å². The largest absolute Gasteiger partial charge is 0.497 e. The lowest BCUT2D eigenvalue weighted by molar-refractivity contribution is 0.0722. The minimum atomic E-state index is -3.81. The van der Waals surface area contributed by atoms with Crippen LogP contribution in [0, 0.1) is 11.3 Å². The first-order valence-corrected chi connectivity index (χ1v) is 11.8. The summed E-state index contributed by atoms with van der Waals surface area (Å²) in [6.07, 6.45) is 3.32. The number of sulfonamides is 1. The molecule has 1 heterocycles. The number of carbonyl (C=O) groups excluding carboxylic acids is 1. The quantitative estimate of drug-likeness (QED) is 0.776. The van der Waals surface area contributed by atoms with Gasteiger partial charge in [-0.25, -0.2) is 8.42 Å². The van der Waals surface area contributed by atoms with Gasteiger partial charge >= 0.3 is 0 Å². The second kappa shape index (κ2) is 7.61. The van der Waals surface area contributed by atoms with Crippen molar-refractivity contribution in [1.29, 1.82) is 0 Å². The maximum atomic E-state index is 13.3. The van der Waals surface area contributed by atoms with Gasteiger partial charge in [0, 0.05) is 23.8 Å². The molecule has 160 valence electrons. The van der Waals surface area contributed by atoms with Gasteiger partial charge in [-0.3, -0.25) is 9.52 Å². The summed E-state index contributed by atoms with van der Waals surface area (Å²) in [5, 5.41) is 0. The van der Waals surface area contributed by atoms with Crippen LogP contribution in [0.1, 0.15) is 43.5 Å². The number of nitrogens with one attached hydrogen (secondary N) is 1. The third-order valence-electron chi connectivity index (χ3n) is 6.46. The van der Waals surface area contributed by atoms with Crippen molar-refractivity contribution in [2.45, 2.75) is 44.0 Å². The normalized spacial score (nSPS) is 22.6. The second-order valence-electron chi connectivity index (χ2n) is 8.89. The Bertz CT molecular complexity index is 1050. The Kier molecular flexibility index (Phi) is 5.26. The highest BCUT2D eigenvalue weighted by Gasteiger charge is 2.50. The third-order valence-corrected chi connectivity index (χ3v) is 7.83. The first-order chi connectivity index (χ1) is 14.2. The number of ether oxygens (including phenoxy) is 1. The minimum Gasteiger partial charge on any atom is -0.497 e. The average Bonchev–Trinajstić information content (AvgIpc) is 3.31. The molecule has 30 heavy (non-hydrogen) atoms. The van der Waals surface area contributed by atoms with E-state index in [-0.39, 0.29) is 22.3 Å². The zero-order valence-electron chi connectivity index (χ0n) is 17.6. The van der Waals surface area contributed by atoms with Gasteiger partial charge in [-0.05, 0) is 66.6 Å². The summed E-state index contributed by atoms with van der Waals surface area (Å²) in [6.45, 7) is 5.16. The van der Waals surface area contributed by atoms with Crippen molar-refractivity contribution in [1.82, 2.24) is 4.90 Å². The Labute approximate surface area is 178 Å². The van der Waals surface area contributed by atoms with Crippen LogP contribution in [0.25, 0.3) is 0 Å². The Balaban J connectivity index is 1.56. The molecule has 2 aromatic rings. The van der Waals surface area contributed by atoms with E-state index in [9.17, 15) is 13.2 Å². The molecule has 7 heteroatoms. The van der Waals surface area contributed by atoms with E-state index in [1.54, 1.807) is 43.5 Å². The standard InChI is InChI=1S/C23H28N2O4S/c1-23(2)15-25(21-9-5-8-20(21)23)22(26)16-6-4-7-19(14-16)30(27,28)24-17-10-12-18(29-3)13-11-17/h4,6-7,10-14,20-21,24H,5,8-9,15H2,1-3H3/t20-,21+/m1/s1. The van der Waals surface area contributed by atoms with E-state index >= 15 is 0 Å². The number of carbonyl (C=O) groups is 1. The van der Waals surface area contributed by atoms with Gasteiger partial charge in [0.2, 0.25) is 0 Å². The lowest BCUT2D eigenvalue weighted by atomic mass is 9.80. The van der Waals surface area contributed by atoms with Crippen LogP contribution in [0.15, 0.2) is 53.4 Å². The summed E-state index contributed by atoms with van der Waals surface area (Å²) in [7, 11) is -2.26. The molecule has 2 aliphatic rings. The van der Waals surface area contributed by atoms with Crippen molar-refractivity contribution < 1.29 is 17.9 Å². The highest BCUT2D eigenvalue weighted by atomic mass is 32.2. The number of amides is 1. The maximum Gasteiger partial charge on any atom is 0.261 e. The number of methoxy groups -OCH3 is 1. The van der Waals surface area contributed by atoms with Gasteiger partial charge in [0.1, 0.15) is 5.75 Å². The first-order valence-electron chi connectivity index (χ1n) is 10.3. The number of fused-ring (bicyclic) bond motifs is 1. The van der Waals surface area contributed by atoms with Gasteiger partial charge in [-0.1, -0.05) is 26.3 Å². The first kappa shape index (κ1) is 20.7. The van der Waals surface area contributed by atoms with Crippen molar-refractivity contribution in [3.05, 3.63) is 54.1 Å². The van der Waals surface area contributed by atoms with E-state index in [1.807, 2.05) is 4.90 Å². The average molecular weight is 429 g/mol. The maximum absolute atomic E-state index is 13.3. The van der Waals surface area contributed by atoms with Crippen molar-refractivity contribution in [2.24, 2.45) is 11.3 Å². The molecule has 0 aromatic heterocycles. The number of anilines is 1. The lowest BCUT2D eigenvalue weighted by Gasteiger charge is -2.24. The zero-order valence-corrected chi connectivity index (χ0v) is 18.4. The van der Waals surface area contributed by atoms with E-state index in [4.69, 9.17) is 4.74 Å². The molecule has 1 saturated heterocycles. The monoisotopic (exact) mass is 428 g/mol. The number of rotatable bonds is 5. The van der Waals surface area contributed by atoms with Crippen LogP contribution in [0.3, 0.4) is 0 Å². The molecule has 0 bridgehead atoms. The van der Waals surface area contributed by atoms with Crippen molar-refractivity contribution >= 4 is 21.6 Å². The summed E-state index contributed by atoms with van der Waals surface area (Å²) in [5.41, 5.74) is 0.940. The van der Waals surface area contributed by atoms with Gasteiger partial charge in [-0.2, -0.15) is 0 Å². The summed E-state index contributed by atoms with van der Waals surface area (Å²) in [5.74, 6) is 1.08. The van der Waals surface area contributed by atoms with Crippen LogP contribution in [-0.2, 0) is 10.0 Å². The van der Waals surface area contributed by atoms with Crippen LogP contribution < -0.4 is 9.46 Å². The zero-order chi connectivity index (χ0) is 21.5. The molecular weight excluding hydrogens is 400 g/mol. The second-order valence-corrected chi connectivity index (χ2v) is 10.6. The van der Waals surface area contributed by atoms with Crippen LogP contribution in [0.4, 0.5) is 5.69 Å². The molecule has 1 N–H and O–H groups in total. The summed E-state index contributed by atoms with van der Waals surface area (Å²) < 4.78 is 33.4. The SMILES string of the molecule is COc1ccc(NS(=O)(=O)c2cccc(C(=O)N3CC(C)(C)[C@@H]4CCC[C@@H]43)c2)cc1. The molecule has 0 unspecified atom stereocenters. The predicted octanol–water partition coefficient (Wildman–Crippen LogP) is 4.15. The molecule has 0 spiro atoms. The Morgan fingerprint density at radius 3 is 2.57 bits per heavy atom. The number of nitrogens with zero attached hydrogens (tertiary/aromatic N) is 1. The lowest BCUT2D eigenvalue weighted by Crippen LogP contribution is -2.36. The van der Waals surface area contributed by atoms with Gasteiger partial charge in [0.25, 0.3) is 15.9 Å². The third kappa shape index (κ3) is 3.78. The molecule has 2 atom stereocenters.